The van der Waals surface area contributed by atoms with E-state index in [0.29, 0.717) is 28.2 Å². The predicted octanol–water partition coefficient (Wildman–Crippen LogP) is 8.28. The number of carbonyl (C=O) groups excluding carboxylic acids is 1. The van der Waals surface area contributed by atoms with Crippen molar-refractivity contribution >= 4 is 34.6 Å². The summed E-state index contributed by atoms with van der Waals surface area (Å²) in [4.78, 5) is 20.6. The second kappa shape index (κ2) is 12.3. The van der Waals surface area contributed by atoms with Gasteiger partial charge in [0.15, 0.2) is 16.7 Å². The van der Waals surface area contributed by atoms with Gasteiger partial charge in [-0.2, -0.15) is 0 Å². The van der Waals surface area contributed by atoms with Crippen LogP contribution in [0, 0.1) is 26.6 Å². The number of nitrogens with zero attached hydrogens (tertiary/aromatic N) is 2. The summed E-state index contributed by atoms with van der Waals surface area (Å²) in [5.74, 6) is 0.744. The van der Waals surface area contributed by atoms with E-state index >= 15 is 0 Å². The molecule has 1 saturated carbocycles. The van der Waals surface area contributed by atoms with Crippen LogP contribution < -0.4 is 9.47 Å². The van der Waals surface area contributed by atoms with Crippen molar-refractivity contribution in [1.82, 2.24) is 4.90 Å². The van der Waals surface area contributed by atoms with Crippen LogP contribution in [0.1, 0.15) is 59.9 Å². The predicted molar refractivity (Wildman–Crippen MR) is 161 cm³/mol. The van der Waals surface area contributed by atoms with E-state index in [4.69, 9.17) is 9.47 Å². The fourth-order valence-electron chi connectivity index (χ4n) is 5.50. The molecular formula is C33H35FN2O3S. The van der Waals surface area contributed by atoms with Crippen LogP contribution in [0.3, 0.4) is 0 Å². The number of carbonyl (C=O) groups is 1. The van der Waals surface area contributed by atoms with E-state index in [9.17, 15) is 9.18 Å². The van der Waals surface area contributed by atoms with Gasteiger partial charge in [0.05, 0.1) is 12.0 Å². The van der Waals surface area contributed by atoms with Crippen LogP contribution in [0.4, 0.5) is 10.1 Å². The molecule has 40 heavy (non-hydrogen) atoms. The van der Waals surface area contributed by atoms with Crippen molar-refractivity contribution in [2.24, 2.45) is 4.99 Å². The number of halogens is 1. The normalized spacial score (nSPS) is 18.1. The van der Waals surface area contributed by atoms with Gasteiger partial charge in [-0.3, -0.25) is 9.69 Å². The molecule has 7 heteroatoms. The highest BCUT2D eigenvalue weighted by molar-refractivity contribution is 8.18. The lowest BCUT2D eigenvalue weighted by Crippen LogP contribution is -2.40. The number of amides is 1. The summed E-state index contributed by atoms with van der Waals surface area (Å²) in [6.45, 7) is 6.73. The molecule has 0 atom stereocenters. The lowest BCUT2D eigenvalue weighted by atomic mass is 9.94. The molecule has 1 heterocycles. The highest BCUT2D eigenvalue weighted by atomic mass is 32.2. The average molecular weight is 559 g/mol. The van der Waals surface area contributed by atoms with Crippen molar-refractivity contribution < 1.29 is 18.7 Å². The maximum Gasteiger partial charge on any atom is 0.267 e. The number of hydrogen-bond acceptors (Lipinski definition) is 5. The number of amidine groups is 1. The molecule has 0 bridgehead atoms. The van der Waals surface area contributed by atoms with Gasteiger partial charge in [-0.15, -0.1) is 0 Å². The molecule has 1 aliphatic heterocycles. The maximum atomic E-state index is 14.4. The third-order valence-electron chi connectivity index (χ3n) is 7.54. The van der Waals surface area contributed by atoms with Crippen LogP contribution in [0.2, 0.25) is 0 Å². The van der Waals surface area contributed by atoms with E-state index in [1.807, 2.05) is 24.3 Å². The molecule has 2 fully saturated rings. The minimum Gasteiger partial charge on any atom is -0.493 e. The summed E-state index contributed by atoms with van der Waals surface area (Å²) < 4.78 is 26.3. The third kappa shape index (κ3) is 6.09. The van der Waals surface area contributed by atoms with E-state index in [0.717, 1.165) is 36.8 Å². The van der Waals surface area contributed by atoms with E-state index in [1.165, 1.54) is 40.9 Å². The highest BCUT2D eigenvalue weighted by Crippen LogP contribution is 2.39. The monoisotopic (exact) mass is 558 g/mol. The smallest absolute Gasteiger partial charge is 0.267 e. The molecule has 3 aromatic carbocycles. The minimum absolute atomic E-state index is 0.0733. The maximum absolute atomic E-state index is 14.4. The van der Waals surface area contributed by atoms with Crippen molar-refractivity contribution in [3.8, 4) is 11.5 Å². The molecule has 208 valence electrons. The first-order chi connectivity index (χ1) is 19.3. The number of aliphatic imine (C=N–C) groups is 1. The van der Waals surface area contributed by atoms with Crippen LogP contribution in [-0.2, 0) is 11.4 Å². The fourth-order valence-corrected chi connectivity index (χ4v) is 6.56. The van der Waals surface area contributed by atoms with Gasteiger partial charge in [0.25, 0.3) is 5.91 Å². The average Bonchev–Trinajstić information content (AvgIpc) is 3.24. The second-order valence-electron chi connectivity index (χ2n) is 10.5. The number of aryl methyl sites for hydroxylation is 3. The molecule has 0 spiro atoms. The number of rotatable bonds is 7. The Labute approximate surface area is 240 Å². The van der Waals surface area contributed by atoms with Gasteiger partial charge in [-0.25, -0.2) is 9.38 Å². The SMILES string of the molecule is COc1cc(/C=C2\SC(=Nc3ccccc3F)N(C3CCCCC3)C2=O)ccc1OCc1c(C)cc(C)cc1C. The topological polar surface area (TPSA) is 51.1 Å². The number of hydrogen-bond donors (Lipinski definition) is 0. The van der Waals surface area contributed by atoms with Crippen molar-refractivity contribution in [3.05, 3.63) is 93.1 Å². The molecule has 2 aliphatic rings. The van der Waals surface area contributed by atoms with Gasteiger partial charge in [-0.05, 0) is 98.0 Å². The van der Waals surface area contributed by atoms with E-state index in [-0.39, 0.29) is 17.6 Å². The number of benzene rings is 3. The zero-order valence-electron chi connectivity index (χ0n) is 23.5. The Kier molecular flexibility index (Phi) is 8.60. The summed E-state index contributed by atoms with van der Waals surface area (Å²) in [6.07, 6.45) is 7.03. The molecule has 1 aliphatic carbocycles. The lowest BCUT2D eigenvalue weighted by Gasteiger charge is -2.30. The molecule has 0 N–H and O–H groups in total. The Morgan fingerprint density at radius 2 is 1.73 bits per heavy atom. The molecule has 0 unspecified atom stereocenters. The van der Waals surface area contributed by atoms with Gasteiger partial charge in [-0.1, -0.05) is 55.2 Å². The first-order valence-electron chi connectivity index (χ1n) is 13.8. The van der Waals surface area contributed by atoms with E-state index in [1.54, 1.807) is 30.2 Å². The van der Waals surface area contributed by atoms with Crippen molar-refractivity contribution in [2.75, 3.05) is 7.11 Å². The number of thioether (sulfide) groups is 1. The van der Waals surface area contributed by atoms with Crippen molar-refractivity contribution in [2.45, 2.75) is 65.5 Å². The summed E-state index contributed by atoms with van der Waals surface area (Å²) in [5, 5.41) is 0.531. The number of methoxy groups -OCH3 is 1. The van der Waals surface area contributed by atoms with Gasteiger partial charge in [0.2, 0.25) is 0 Å². The zero-order valence-corrected chi connectivity index (χ0v) is 24.3. The largest absolute Gasteiger partial charge is 0.493 e. The number of para-hydroxylation sites is 1. The van der Waals surface area contributed by atoms with E-state index < -0.39 is 5.82 Å². The van der Waals surface area contributed by atoms with Crippen LogP contribution in [-0.4, -0.2) is 29.1 Å². The van der Waals surface area contributed by atoms with Crippen LogP contribution in [0.15, 0.2) is 64.5 Å². The van der Waals surface area contributed by atoms with Gasteiger partial charge in [0, 0.05) is 6.04 Å². The van der Waals surface area contributed by atoms with Crippen LogP contribution >= 0.6 is 11.8 Å². The van der Waals surface area contributed by atoms with Crippen molar-refractivity contribution in [3.63, 3.8) is 0 Å². The number of ether oxygens (including phenoxy) is 2. The summed E-state index contributed by atoms with van der Waals surface area (Å²) in [7, 11) is 1.61. The summed E-state index contributed by atoms with van der Waals surface area (Å²) >= 11 is 1.30. The second-order valence-corrected chi connectivity index (χ2v) is 11.5. The molecule has 0 aromatic heterocycles. The Morgan fingerprint density at radius 3 is 2.42 bits per heavy atom. The summed E-state index contributed by atoms with van der Waals surface area (Å²) in [6, 6.07) is 16.5. The van der Waals surface area contributed by atoms with Crippen LogP contribution in [0.5, 0.6) is 11.5 Å². The van der Waals surface area contributed by atoms with Gasteiger partial charge >= 0.3 is 0 Å². The standard InChI is InChI=1S/C33H35FN2O3S/c1-21-16-22(2)26(23(3)17-21)20-39-29-15-14-24(18-30(29)38-4)19-31-32(37)36(25-10-6-5-7-11-25)33(40-31)35-28-13-9-8-12-27(28)34/h8-9,12-19,25H,5-7,10-11,20H2,1-4H3/b31-19-,35-33?. The molecule has 5 nitrogen and oxygen atoms in total. The van der Waals surface area contributed by atoms with E-state index in [2.05, 4.69) is 37.9 Å². The lowest BCUT2D eigenvalue weighted by molar-refractivity contribution is -0.124. The highest BCUT2D eigenvalue weighted by Gasteiger charge is 2.38. The first kappa shape index (κ1) is 28.0. The Hall–Kier alpha value is -3.58. The summed E-state index contributed by atoms with van der Waals surface area (Å²) in [5.41, 5.74) is 5.85. The molecular weight excluding hydrogens is 523 g/mol. The molecule has 0 radical (unpaired) electrons. The fraction of sp³-hybridized carbons (Fsp3) is 0.333. The third-order valence-corrected chi connectivity index (χ3v) is 8.53. The molecule has 5 rings (SSSR count). The Balaban J connectivity index is 1.41. The Morgan fingerprint density at radius 1 is 1.00 bits per heavy atom. The van der Waals surface area contributed by atoms with Gasteiger partial charge < -0.3 is 9.47 Å². The van der Waals surface area contributed by atoms with Crippen molar-refractivity contribution in [1.29, 1.82) is 0 Å². The quantitative estimate of drug-likeness (QED) is 0.274. The minimum atomic E-state index is -0.402. The zero-order chi connectivity index (χ0) is 28.2. The molecule has 1 amide bonds. The Bertz CT molecular complexity index is 1450. The first-order valence-corrected chi connectivity index (χ1v) is 14.6. The van der Waals surface area contributed by atoms with Gasteiger partial charge in [0.1, 0.15) is 18.1 Å². The molecule has 1 saturated heterocycles. The molecule has 3 aromatic rings. The van der Waals surface area contributed by atoms with Crippen LogP contribution in [0.25, 0.3) is 6.08 Å².